The first-order valence-electron chi connectivity index (χ1n) is 15.6. The van der Waals surface area contributed by atoms with Crippen molar-refractivity contribution in [2.75, 3.05) is 44.2 Å². The number of rotatable bonds is 8. The molecule has 3 heterocycles. The maximum absolute atomic E-state index is 13.9. The number of ether oxygens (including phenoxy) is 3. The monoisotopic (exact) mass is 641 g/mol. The standard InChI is InChI=1S/C35H39N5O7/c1-21-16-40(22(2)19-41)34(43)27-14-24(36-33(42)13-23-17-38(3)28-8-6-5-7-26(23)28)9-11-29(27)47-32(21)18-39(4)35(44)37-25-10-12-30-31(15-25)46-20-45-30/h5-12,14-15,17,21-22,32,41H,13,16,18-20H2,1-4H3,(H,36,42)(H,37,44)/t21-,22+,32+/m0/s1. The molecule has 0 saturated heterocycles. The van der Waals surface area contributed by atoms with Crippen LogP contribution in [0.5, 0.6) is 17.2 Å². The number of fused-ring (bicyclic) bond motifs is 3. The van der Waals surface area contributed by atoms with Crippen molar-refractivity contribution < 1.29 is 33.7 Å². The zero-order valence-electron chi connectivity index (χ0n) is 26.9. The fourth-order valence-electron chi connectivity index (χ4n) is 6.01. The Bertz CT molecular complexity index is 1820. The van der Waals surface area contributed by atoms with Gasteiger partial charge in [0.1, 0.15) is 11.9 Å². The molecule has 0 saturated carbocycles. The van der Waals surface area contributed by atoms with Gasteiger partial charge in [0.2, 0.25) is 12.7 Å². The molecular weight excluding hydrogens is 602 g/mol. The van der Waals surface area contributed by atoms with E-state index in [9.17, 15) is 19.5 Å². The van der Waals surface area contributed by atoms with Crippen LogP contribution < -0.4 is 24.8 Å². The molecule has 0 bridgehead atoms. The highest BCUT2D eigenvalue weighted by atomic mass is 16.7. The molecular formula is C35H39N5O7. The summed E-state index contributed by atoms with van der Waals surface area (Å²) >= 11 is 0. The molecule has 12 nitrogen and oxygen atoms in total. The van der Waals surface area contributed by atoms with Crippen LogP contribution in [0.2, 0.25) is 0 Å². The number of urea groups is 1. The zero-order valence-corrected chi connectivity index (χ0v) is 26.9. The fraction of sp³-hybridized carbons (Fsp3) is 0.343. The third kappa shape index (κ3) is 6.68. The number of benzene rings is 3. The molecule has 4 aromatic rings. The van der Waals surface area contributed by atoms with Crippen LogP contribution in [-0.2, 0) is 18.3 Å². The van der Waals surface area contributed by atoms with Crippen molar-refractivity contribution in [2.24, 2.45) is 13.0 Å². The molecule has 0 fully saturated rings. The molecule has 3 N–H and O–H groups in total. The zero-order chi connectivity index (χ0) is 33.2. The van der Waals surface area contributed by atoms with E-state index < -0.39 is 12.1 Å². The number of aliphatic hydroxyl groups is 1. The van der Waals surface area contributed by atoms with E-state index in [1.165, 1.54) is 4.90 Å². The molecule has 3 aromatic carbocycles. The van der Waals surface area contributed by atoms with Crippen molar-refractivity contribution in [1.82, 2.24) is 14.4 Å². The van der Waals surface area contributed by atoms with E-state index in [1.54, 1.807) is 55.3 Å². The second kappa shape index (κ2) is 13.2. The number of anilines is 2. The van der Waals surface area contributed by atoms with E-state index in [0.717, 1.165) is 16.5 Å². The number of para-hydroxylation sites is 1. The number of nitrogens with one attached hydrogen (secondary N) is 2. The number of aliphatic hydroxyl groups excluding tert-OH is 1. The van der Waals surface area contributed by atoms with Crippen LogP contribution in [0.3, 0.4) is 0 Å². The lowest BCUT2D eigenvalue weighted by atomic mass is 9.99. The maximum Gasteiger partial charge on any atom is 0.321 e. The van der Waals surface area contributed by atoms with Crippen LogP contribution in [0.25, 0.3) is 10.9 Å². The highest BCUT2D eigenvalue weighted by molar-refractivity contribution is 6.01. The first-order valence-corrected chi connectivity index (χ1v) is 15.6. The Hall–Kier alpha value is -5.23. The van der Waals surface area contributed by atoms with Crippen molar-refractivity contribution in [1.29, 1.82) is 0 Å². The molecule has 0 aliphatic carbocycles. The summed E-state index contributed by atoms with van der Waals surface area (Å²) < 4.78 is 19.2. The number of aryl methyl sites for hydroxylation is 1. The summed E-state index contributed by atoms with van der Waals surface area (Å²) in [6.07, 6.45) is 1.62. The van der Waals surface area contributed by atoms with Gasteiger partial charge in [-0.25, -0.2) is 4.79 Å². The fourth-order valence-corrected chi connectivity index (χ4v) is 6.01. The van der Waals surface area contributed by atoms with Crippen molar-refractivity contribution >= 4 is 40.1 Å². The summed E-state index contributed by atoms with van der Waals surface area (Å²) in [4.78, 5) is 43.3. The molecule has 2 aliphatic rings. The normalized spacial score (nSPS) is 17.7. The Labute approximate surface area is 272 Å². The molecule has 12 heteroatoms. The summed E-state index contributed by atoms with van der Waals surface area (Å²) in [6.45, 7) is 4.15. The third-order valence-corrected chi connectivity index (χ3v) is 8.70. The number of likely N-dealkylation sites (N-methyl/N-ethyl adjacent to an activating group) is 1. The van der Waals surface area contributed by atoms with Gasteiger partial charge in [-0.15, -0.1) is 0 Å². The summed E-state index contributed by atoms with van der Waals surface area (Å²) in [5.74, 6) is 0.787. The Balaban J connectivity index is 1.20. The minimum atomic E-state index is -0.491. The van der Waals surface area contributed by atoms with Gasteiger partial charge in [-0.2, -0.15) is 0 Å². The molecule has 4 amide bonds. The quantitative estimate of drug-likeness (QED) is 0.259. The van der Waals surface area contributed by atoms with E-state index in [0.29, 0.717) is 35.2 Å². The Morgan fingerprint density at radius 1 is 1.02 bits per heavy atom. The summed E-state index contributed by atoms with van der Waals surface area (Å²) in [5.41, 5.74) is 3.21. The van der Waals surface area contributed by atoms with Gasteiger partial charge < -0.3 is 44.3 Å². The van der Waals surface area contributed by atoms with Crippen molar-refractivity contribution in [3.8, 4) is 17.2 Å². The number of carbonyl (C=O) groups excluding carboxylic acids is 3. The maximum atomic E-state index is 13.9. The van der Waals surface area contributed by atoms with Gasteiger partial charge in [0.15, 0.2) is 11.5 Å². The number of hydrogen-bond acceptors (Lipinski definition) is 7. The topological polar surface area (TPSA) is 135 Å². The first-order chi connectivity index (χ1) is 22.6. The van der Waals surface area contributed by atoms with Gasteiger partial charge in [-0.3, -0.25) is 9.59 Å². The predicted molar refractivity (Wildman–Crippen MR) is 177 cm³/mol. The van der Waals surface area contributed by atoms with Gasteiger partial charge in [0, 0.05) is 61.1 Å². The van der Waals surface area contributed by atoms with Gasteiger partial charge in [-0.1, -0.05) is 25.1 Å². The second-order valence-corrected chi connectivity index (χ2v) is 12.2. The first kappa shape index (κ1) is 31.7. The molecule has 0 unspecified atom stereocenters. The third-order valence-electron chi connectivity index (χ3n) is 8.70. The number of hydrogen-bond donors (Lipinski definition) is 3. The summed E-state index contributed by atoms with van der Waals surface area (Å²) in [7, 11) is 3.62. The van der Waals surface area contributed by atoms with E-state index >= 15 is 0 Å². The summed E-state index contributed by atoms with van der Waals surface area (Å²) in [5, 5.41) is 16.8. The lowest BCUT2D eigenvalue weighted by molar-refractivity contribution is -0.115. The van der Waals surface area contributed by atoms with Crippen molar-refractivity contribution in [3.63, 3.8) is 0 Å². The molecule has 6 rings (SSSR count). The van der Waals surface area contributed by atoms with Crippen molar-refractivity contribution in [3.05, 3.63) is 78.0 Å². The second-order valence-electron chi connectivity index (χ2n) is 12.2. The number of nitrogens with zero attached hydrogens (tertiary/aromatic N) is 3. The molecule has 47 heavy (non-hydrogen) atoms. The molecule has 2 aliphatic heterocycles. The number of amides is 4. The minimum absolute atomic E-state index is 0.137. The largest absolute Gasteiger partial charge is 0.487 e. The van der Waals surface area contributed by atoms with Gasteiger partial charge in [0.25, 0.3) is 5.91 Å². The van der Waals surface area contributed by atoms with Crippen LogP contribution in [0, 0.1) is 5.92 Å². The molecule has 0 spiro atoms. The van der Waals surface area contributed by atoms with Gasteiger partial charge in [0.05, 0.1) is 31.2 Å². The summed E-state index contributed by atoms with van der Waals surface area (Å²) in [6, 6.07) is 17.3. The molecule has 3 atom stereocenters. The molecule has 1 aromatic heterocycles. The smallest absolute Gasteiger partial charge is 0.321 e. The average molecular weight is 642 g/mol. The Morgan fingerprint density at radius 3 is 2.53 bits per heavy atom. The van der Waals surface area contributed by atoms with Crippen LogP contribution in [0.15, 0.2) is 66.9 Å². The van der Waals surface area contributed by atoms with E-state index in [1.807, 2.05) is 49.0 Å². The minimum Gasteiger partial charge on any atom is -0.487 e. The van der Waals surface area contributed by atoms with E-state index in [-0.39, 0.29) is 55.7 Å². The average Bonchev–Trinajstić information content (AvgIpc) is 3.66. The molecule has 0 radical (unpaired) electrons. The van der Waals surface area contributed by atoms with E-state index in [4.69, 9.17) is 14.2 Å². The number of carbonyl (C=O) groups is 3. The van der Waals surface area contributed by atoms with Crippen LogP contribution in [-0.4, -0.2) is 83.0 Å². The van der Waals surface area contributed by atoms with E-state index in [2.05, 4.69) is 10.6 Å². The molecule has 246 valence electrons. The lowest BCUT2D eigenvalue weighted by Crippen LogP contribution is -2.50. The van der Waals surface area contributed by atoms with Gasteiger partial charge >= 0.3 is 6.03 Å². The highest BCUT2D eigenvalue weighted by Crippen LogP contribution is 2.35. The Morgan fingerprint density at radius 2 is 1.74 bits per heavy atom. The SMILES string of the molecule is C[C@H](CO)N1C[C@H](C)[C@@H](CN(C)C(=O)Nc2ccc3c(c2)OCO3)Oc2ccc(NC(=O)Cc3cn(C)c4ccccc34)cc2C1=O. The highest BCUT2D eigenvalue weighted by Gasteiger charge is 2.34. The van der Waals surface area contributed by atoms with Crippen molar-refractivity contribution in [2.45, 2.75) is 32.4 Å². The van der Waals surface area contributed by atoms with Crippen LogP contribution >= 0.6 is 0 Å². The lowest BCUT2D eigenvalue weighted by Gasteiger charge is -2.38. The van der Waals surface area contributed by atoms with Gasteiger partial charge in [-0.05, 0) is 48.9 Å². The predicted octanol–water partition coefficient (Wildman–Crippen LogP) is 4.47. The van der Waals surface area contributed by atoms with Crippen LogP contribution in [0.1, 0.15) is 29.8 Å². The Kier molecular flexibility index (Phi) is 8.95. The van der Waals surface area contributed by atoms with Crippen LogP contribution in [0.4, 0.5) is 16.2 Å². The number of aromatic nitrogens is 1.